The molecule has 0 amide bonds. The third-order valence-corrected chi connectivity index (χ3v) is 6.06. The first kappa shape index (κ1) is 13.9. The summed E-state index contributed by atoms with van der Waals surface area (Å²) < 4.78 is 0. The second kappa shape index (κ2) is 5.37. The largest absolute Gasteiger partial charge is 0.308 e. The Bertz CT molecular complexity index is 306. The monoisotopic (exact) mass is 264 g/mol. The highest BCUT2D eigenvalue weighted by atomic mass is 15.3. The smallest absolute Gasteiger partial charge is 0.0309 e. The number of piperazine rings is 1. The second-order valence-electron chi connectivity index (χ2n) is 7.92. The Morgan fingerprint density at radius 2 is 1.89 bits per heavy atom. The molecular weight excluding hydrogens is 232 g/mol. The molecule has 0 aromatic heterocycles. The van der Waals surface area contributed by atoms with Gasteiger partial charge in [0.2, 0.25) is 0 Å². The van der Waals surface area contributed by atoms with Crippen LogP contribution in [0.2, 0.25) is 0 Å². The van der Waals surface area contributed by atoms with Gasteiger partial charge in [-0.05, 0) is 43.9 Å². The molecule has 0 aromatic rings. The zero-order valence-corrected chi connectivity index (χ0v) is 13.1. The fourth-order valence-electron chi connectivity index (χ4n) is 4.84. The molecule has 1 saturated heterocycles. The van der Waals surface area contributed by atoms with Crippen LogP contribution in [0.5, 0.6) is 0 Å². The predicted molar refractivity (Wildman–Crippen MR) is 81.3 cm³/mol. The molecule has 0 radical (unpaired) electrons. The first-order valence-electron chi connectivity index (χ1n) is 8.60. The molecule has 3 rings (SSSR count). The first-order valence-corrected chi connectivity index (χ1v) is 8.60. The van der Waals surface area contributed by atoms with Crippen molar-refractivity contribution in [1.29, 1.82) is 0 Å². The summed E-state index contributed by atoms with van der Waals surface area (Å²) in [6, 6.07) is 1.64. The van der Waals surface area contributed by atoms with Crippen molar-refractivity contribution in [1.82, 2.24) is 10.2 Å². The number of rotatable bonds is 2. The van der Waals surface area contributed by atoms with E-state index in [1.165, 1.54) is 58.0 Å². The van der Waals surface area contributed by atoms with Crippen molar-refractivity contribution in [2.24, 2.45) is 11.8 Å². The summed E-state index contributed by atoms with van der Waals surface area (Å²) in [6.45, 7) is 9.81. The van der Waals surface area contributed by atoms with Gasteiger partial charge in [0.05, 0.1) is 0 Å². The lowest BCUT2D eigenvalue weighted by Gasteiger charge is -2.50. The molecule has 19 heavy (non-hydrogen) atoms. The van der Waals surface area contributed by atoms with Gasteiger partial charge >= 0.3 is 0 Å². The molecule has 1 spiro atoms. The molecule has 3 unspecified atom stereocenters. The molecule has 0 bridgehead atoms. The van der Waals surface area contributed by atoms with Crippen molar-refractivity contribution in [3.8, 4) is 0 Å². The summed E-state index contributed by atoms with van der Waals surface area (Å²) in [6.07, 6.45) is 10.0. The van der Waals surface area contributed by atoms with Crippen molar-refractivity contribution >= 4 is 0 Å². The molecule has 2 heteroatoms. The summed E-state index contributed by atoms with van der Waals surface area (Å²) in [5, 5.41) is 3.95. The van der Waals surface area contributed by atoms with Crippen molar-refractivity contribution in [2.45, 2.75) is 83.3 Å². The van der Waals surface area contributed by atoms with E-state index in [0.29, 0.717) is 5.54 Å². The summed E-state index contributed by atoms with van der Waals surface area (Å²) in [7, 11) is 0. The topological polar surface area (TPSA) is 15.3 Å². The molecule has 0 aromatic carbocycles. The van der Waals surface area contributed by atoms with E-state index in [9.17, 15) is 0 Å². The van der Waals surface area contributed by atoms with Gasteiger partial charge in [-0.3, -0.25) is 4.90 Å². The molecule has 3 aliphatic rings. The van der Waals surface area contributed by atoms with Crippen molar-refractivity contribution in [3.05, 3.63) is 0 Å². The normalized spacial score (nSPS) is 39.5. The summed E-state index contributed by atoms with van der Waals surface area (Å²) in [5.41, 5.74) is 0.483. The summed E-state index contributed by atoms with van der Waals surface area (Å²) >= 11 is 0. The quantitative estimate of drug-likeness (QED) is 0.822. The Morgan fingerprint density at radius 3 is 2.47 bits per heavy atom. The van der Waals surface area contributed by atoms with Crippen LogP contribution in [0.4, 0.5) is 0 Å². The van der Waals surface area contributed by atoms with Crippen molar-refractivity contribution < 1.29 is 0 Å². The first-order chi connectivity index (χ1) is 9.10. The number of hydrogen-bond donors (Lipinski definition) is 1. The van der Waals surface area contributed by atoms with Gasteiger partial charge in [-0.2, -0.15) is 0 Å². The standard InChI is InChI=1S/C17H32N2/c1-13(2)16-11-18-17(8-4-5-9-17)12-19(16)15-7-6-14(3)10-15/h13-16,18H,4-12H2,1-3H3. The van der Waals surface area contributed by atoms with Crippen LogP contribution in [0.25, 0.3) is 0 Å². The van der Waals surface area contributed by atoms with Crippen LogP contribution in [0, 0.1) is 11.8 Å². The molecule has 110 valence electrons. The van der Waals surface area contributed by atoms with Crippen LogP contribution in [0.3, 0.4) is 0 Å². The average Bonchev–Trinajstić information content (AvgIpc) is 2.99. The van der Waals surface area contributed by atoms with E-state index in [4.69, 9.17) is 0 Å². The molecule has 1 N–H and O–H groups in total. The van der Waals surface area contributed by atoms with Gasteiger partial charge in [0.1, 0.15) is 0 Å². The second-order valence-corrected chi connectivity index (χ2v) is 7.92. The highest BCUT2D eigenvalue weighted by Gasteiger charge is 2.44. The maximum atomic E-state index is 3.95. The average molecular weight is 264 g/mol. The van der Waals surface area contributed by atoms with E-state index in [1.54, 1.807) is 0 Å². The lowest BCUT2D eigenvalue weighted by molar-refractivity contribution is 0.0227. The van der Waals surface area contributed by atoms with Crippen LogP contribution in [-0.2, 0) is 0 Å². The van der Waals surface area contributed by atoms with Crippen LogP contribution < -0.4 is 5.32 Å². The fraction of sp³-hybridized carbons (Fsp3) is 1.00. The molecular formula is C17H32N2. The van der Waals surface area contributed by atoms with E-state index in [1.807, 2.05) is 0 Å². The molecule has 2 nitrogen and oxygen atoms in total. The lowest BCUT2D eigenvalue weighted by atomic mass is 9.87. The van der Waals surface area contributed by atoms with Crippen molar-refractivity contribution in [3.63, 3.8) is 0 Å². The van der Waals surface area contributed by atoms with E-state index in [0.717, 1.165) is 23.9 Å². The van der Waals surface area contributed by atoms with Gasteiger partial charge < -0.3 is 5.32 Å². The molecule has 1 aliphatic heterocycles. The van der Waals surface area contributed by atoms with E-state index in [2.05, 4.69) is 31.0 Å². The fourth-order valence-corrected chi connectivity index (χ4v) is 4.84. The summed E-state index contributed by atoms with van der Waals surface area (Å²) in [4.78, 5) is 2.93. The Labute approximate surface area is 119 Å². The van der Waals surface area contributed by atoms with Crippen LogP contribution in [0.15, 0.2) is 0 Å². The Kier molecular flexibility index (Phi) is 3.92. The number of nitrogens with zero attached hydrogens (tertiary/aromatic N) is 1. The Hall–Kier alpha value is -0.0800. The maximum Gasteiger partial charge on any atom is 0.0309 e. The lowest BCUT2D eigenvalue weighted by Crippen LogP contribution is -2.66. The van der Waals surface area contributed by atoms with Crippen LogP contribution >= 0.6 is 0 Å². The molecule has 2 aliphatic carbocycles. The molecule has 3 atom stereocenters. The van der Waals surface area contributed by atoms with Gasteiger partial charge in [0, 0.05) is 30.7 Å². The van der Waals surface area contributed by atoms with Gasteiger partial charge in [-0.15, -0.1) is 0 Å². The third kappa shape index (κ3) is 2.71. The minimum Gasteiger partial charge on any atom is -0.308 e. The zero-order chi connectivity index (χ0) is 13.5. The minimum atomic E-state index is 0.483. The minimum absolute atomic E-state index is 0.483. The Balaban J connectivity index is 1.74. The highest BCUT2D eigenvalue weighted by Crippen LogP contribution is 2.38. The molecule has 2 saturated carbocycles. The van der Waals surface area contributed by atoms with E-state index >= 15 is 0 Å². The number of nitrogens with one attached hydrogen (secondary N) is 1. The summed E-state index contributed by atoms with van der Waals surface area (Å²) in [5.74, 6) is 1.73. The predicted octanol–water partition coefficient (Wildman–Crippen LogP) is 3.42. The van der Waals surface area contributed by atoms with Gasteiger partial charge in [0.15, 0.2) is 0 Å². The molecule has 1 heterocycles. The van der Waals surface area contributed by atoms with Crippen LogP contribution in [-0.4, -0.2) is 35.6 Å². The zero-order valence-electron chi connectivity index (χ0n) is 13.1. The van der Waals surface area contributed by atoms with Gasteiger partial charge in [-0.1, -0.05) is 33.6 Å². The third-order valence-electron chi connectivity index (χ3n) is 6.06. The van der Waals surface area contributed by atoms with Gasteiger partial charge in [-0.25, -0.2) is 0 Å². The molecule has 3 fully saturated rings. The van der Waals surface area contributed by atoms with Gasteiger partial charge in [0.25, 0.3) is 0 Å². The van der Waals surface area contributed by atoms with Crippen molar-refractivity contribution in [2.75, 3.05) is 13.1 Å². The SMILES string of the molecule is CC1CCC(N2CC3(CCCC3)NCC2C(C)C)C1. The number of hydrogen-bond acceptors (Lipinski definition) is 2. The van der Waals surface area contributed by atoms with E-state index in [-0.39, 0.29) is 0 Å². The van der Waals surface area contributed by atoms with Crippen LogP contribution in [0.1, 0.15) is 65.7 Å². The maximum absolute atomic E-state index is 3.95. The van der Waals surface area contributed by atoms with E-state index < -0.39 is 0 Å². The highest BCUT2D eigenvalue weighted by molar-refractivity contribution is 5.03. The Morgan fingerprint density at radius 1 is 1.16 bits per heavy atom.